The second-order valence-electron chi connectivity index (χ2n) is 9.89. The fourth-order valence-corrected chi connectivity index (χ4v) is 4.15. The molecule has 0 aliphatic carbocycles. The molecule has 3 atom stereocenters. The highest BCUT2D eigenvalue weighted by atomic mass is 19.3. The Balaban J connectivity index is 2.05. The molecule has 9 heteroatoms. The summed E-state index contributed by atoms with van der Waals surface area (Å²) >= 11 is 0. The number of likely N-dealkylation sites (tertiary alicyclic amines) is 1. The molecule has 1 fully saturated rings. The van der Waals surface area contributed by atoms with Gasteiger partial charge in [-0.25, -0.2) is 0 Å². The highest BCUT2D eigenvalue weighted by molar-refractivity contribution is 6.11. The number of ketones is 2. The molecule has 0 spiro atoms. The number of carbonyl (C=O) groups excluding carboxylic acids is 4. The number of amides is 2. The van der Waals surface area contributed by atoms with Gasteiger partial charge in [0.25, 0.3) is 0 Å². The number of aryl methyl sites for hydroxylation is 1. The Morgan fingerprint density at radius 2 is 1.71 bits per heavy atom. The van der Waals surface area contributed by atoms with Crippen LogP contribution in [0.5, 0.6) is 0 Å². The van der Waals surface area contributed by atoms with E-state index in [0.717, 1.165) is 5.56 Å². The van der Waals surface area contributed by atoms with Crippen molar-refractivity contribution in [3.63, 3.8) is 0 Å². The topological polar surface area (TPSA) is 110 Å². The van der Waals surface area contributed by atoms with Crippen molar-refractivity contribution in [3.05, 3.63) is 35.9 Å². The van der Waals surface area contributed by atoms with Crippen LogP contribution in [0.1, 0.15) is 58.9 Å². The number of nitrogens with one attached hydrogen (secondary N) is 1. The molecule has 1 heterocycles. The summed E-state index contributed by atoms with van der Waals surface area (Å²) in [4.78, 5) is 52.1. The van der Waals surface area contributed by atoms with E-state index in [1.165, 1.54) is 18.7 Å². The summed E-state index contributed by atoms with van der Waals surface area (Å²) in [7, 11) is 0. The van der Waals surface area contributed by atoms with Gasteiger partial charge >= 0.3 is 5.92 Å². The minimum Gasteiger partial charge on any atom is -0.344 e. The first kappa shape index (κ1) is 28.6. The number of carbonyl (C=O) groups is 4. The normalized spacial score (nSPS) is 18.0. The first-order valence-corrected chi connectivity index (χ1v) is 12.2. The van der Waals surface area contributed by atoms with Gasteiger partial charge in [0.1, 0.15) is 6.04 Å². The largest absolute Gasteiger partial charge is 0.364 e. The van der Waals surface area contributed by atoms with Crippen molar-refractivity contribution in [3.8, 4) is 0 Å². The maximum Gasteiger partial charge on any atom is 0.364 e. The van der Waals surface area contributed by atoms with E-state index < -0.39 is 53.9 Å². The molecule has 0 aromatic heterocycles. The number of halogens is 2. The van der Waals surface area contributed by atoms with Gasteiger partial charge in [0.05, 0.1) is 12.1 Å². The van der Waals surface area contributed by atoms with E-state index in [0.29, 0.717) is 25.8 Å². The third-order valence-corrected chi connectivity index (χ3v) is 6.46. The average Bonchev–Trinajstić information content (AvgIpc) is 3.31. The van der Waals surface area contributed by atoms with Gasteiger partial charge in [-0.2, -0.15) is 8.78 Å². The summed E-state index contributed by atoms with van der Waals surface area (Å²) in [6.45, 7) is 6.95. The first-order valence-electron chi connectivity index (χ1n) is 12.2. The number of hydrogen-bond acceptors (Lipinski definition) is 5. The highest BCUT2D eigenvalue weighted by Gasteiger charge is 2.50. The molecule has 0 saturated carbocycles. The van der Waals surface area contributed by atoms with Gasteiger partial charge in [0.2, 0.25) is 23.4 Å². The number of nitrogens with zero attached hydrogens (tertiary/aromatic N) is 1. The molecule has 2 rings (SSSR count). The van der Waals surface area contributed by atoms with Crippen LogP contribution in [0.25, 0.3) is 0 Å². The van der Waals surface area contributed by atoms with Gasteiger partial charge in [-0.3, -0.25) is 19.2 Å². The Hall–Kier alpha value is -2.68. The third-order valence-electron chi connectivity index (χ3n) is 6.46. The Kier molecular flexibility index (Phi) is 10.1. The zero-order valence-corrected chi connectivity index (χ0v) is 20.9. The average molecular weight is 494 g/mol. The van der Waals surface area contributed by atoms with Crippen molar-refractivity contribution < 1.29 is 28.0 Å². The summed E-state index contributed by atoms with van der Waals surface area (Å²) in [5, 5.41) is 2.40. The van der Waals surface area contributed by atoms with Crippen molar-refractivity contribution in [1.29, 1.82) is 0 Å². The molecule has 3 N–H and O–H groups in total. The maximum absolute atomic E-state index is 14.8. The molecule has 194 valence electrons. The molecule has 2 amide bonds. The quantitative estimate of drug-likeness (QED) is 0.435. The van der Waals surface area contributed by atoms with E-state index in [9.17, 15) is 28.0 Å². The van der Waals surface area contributed by atoms with Gasteiger partial charge in [0, 0.05) is 13.0 Å². The van der Waals surface area contributed by atoms with Gasteiger partial charge in [-0.15, -0.1) is 0 Å². The predicted octanol–water partition coefficient (Wildman–Crippen LogP) is 2.90. The number of Topliss-reactive ketones (excluding diaryl/α,β-unsaturated/α-hetero) is 2. The van der Waals surface area contributed by atoms with Crippen LogP contribution in [0.4, 0.5) is 8.78 Å². The van der Waals surface area contributed by atoms with Crippen LogP contribution < -0.4 is 11.1 Å². The summed E-state index contributed by atoms with van der Waals surface area (Å²) in [5.41, 5.74) is 6.87. The molecule has 1 aliphatic rings. The molecule has 1 aromatic rings. The number of hydrogen-bond donors (Lipinski definition) is 2. The van der Waals surface area contributed by atoms with E-state index in [-0.39, 0.29) is 18.2 Å². The van der Waals surface area contributed by atoms with Gasteiger partial charge < -0.3 is 16.0 Å². The minimum absolute atomic E-state index is 0.136. The minimum atomic E-state index is -4.22. The molecule has 1 unspecified atom stereocenters. The second-order valence-corrected chi connectivity index (χ2v) is 9.89. The zero-order chi connectivity index (χ0) is 26.3. The monoisotopic (exact) mass is 493 g/mol. The van der Waals surface area contributed by atoms with Crippen LogP contribution >= 0.6 is 0 Å². The Morgan fingerprint density at radius 1 is 1.09 bits per heavy atom. The summed E-state index contributed by atoms with van der Waals surface area (Å²) in [5.74, 6) is -9.19. The van der Waals surface area contributed by atoms with E-state index in [2.05, 4.69) is 5.32 Å². The van der Waals surface area contributed by atoms with Crippen LogP contribution in [0, 0.1) is 11.8 Å². The predicted molar refractivity (Wildman–Crippen MR) is 129 cm³/mol. The van der Waals surface area contributed by atoms with Crippen molar-refractivity contribution in [2.24, 2.45) is 17.6 Å². The smallest absolute Gasteiger partial charge is 0.344 e. The number of alkyl halides is 2. The number of nitrogens with two attached hydrogens (primary N) is 1. The second kappa shape index (κ2) is 12.3. The fraction of sp³-hybridized carbons (Fsp3) is 0.615. The number of benzene rings is 1. The summed E-state index contributed by atoms with van der Waals surface area (Å²) in [6, 6.07) is 5.90. The highest BCUT2D eigenvalue weighted by Crippen LogP contribution is 2.25. The van der Waals surface area contributed by atoms with E-state index in [1.54, 1.807) is 13.8 Å². The molecule has 1 aromatic carbocycles. The Labute approximate surface area is 205 Å². The van der Waals surface area contributed by atoms with Crippen molar-refractivity contribution in [1.82, 2.24) is 10.2 Å². The first-order chi connectivity index (χ1) is 16.4. The lowest BCUT2D eigenvalue weighted by molar-refractivity contribution is -0.160. The van der Waals surface area contributed by atoms with Gasteiger partial charge in [-0.05, 0) is 43.1 Å². The maximum atomic E-state index is 14.8. The summed E-state index contributed by atoms with van der Waals surface area (Å²) < 4.78 is 29.7. The molecule has 1 aliphatic heterocycles. The molecule has 1 saturated heterocycles. The van der Waals surface area contributed by atoms with Gasteiger partial charge in [0.15, 0.2) is 0 Å². The van der Waals surface area contributed by atoms with E-state index in [1.807, 2.05) is 30.3 Å². The molecular weight excluding hydrogens is 456 g/mol. The lowest BCUT2D eigenvalue weighted by Crippen LogP contribution is -2.58. The van der Waals surface area contributed by atoms with E-state index >= 15 is 0 Å². The SMILES string of the molecule is CC(C)C(NC(=O)[C@@H]1CCCN1C(=O)[C@@H](N)C(C)C)C(=O)C(F)(F)C(=O)CCCc1ccccc1. The Morgan fingerprint density at radius 3 is 2.29 bits per heavy atom. The lowest BCUT2D eigenvalue weighted by atomic mass is 9.92. The molecule has 0 bridgehead atoms. The fourth-order valence-electron chi connectivity index (χ4n) is 4.15. The van der Waals surface area contributed by atoms with Crippen LogP contribution in [0.2, 0.25) is 0 Å². The van der Waals surface area contributed by atoms with E-state index in [4.69, 9.17) is 5.73 Å². The lowest BCUT2D eigenvalue weighted by Gasteiger charge is -2.31. The number of rotatable bonds is 12. The van der Waals surface area contributed by atoms with Gasteiger partial charge in [-0.1, -0.05) is 58.0 Å². The van der Waals surface area contributed by atoms with Crippen LogP contribution in [-0.2, 0) is 25.6 Å². The van der Waals surface area contributed by atoms with Crippen LogP contribution in [0.15, 0.2) is 30.3 Å². The Bertz CT molecular complexity index is 905. The molecule has 0 radical (unpaired) electrons. The molecule has 35 heavy (non-hydrogen) atoms. The third kappa shape index (κ3) is 7.16. The van der Waals surface area contributed by atoms with Crippen LogP contribution in [-0.4, -0.2) is 58.9 Å². The van der Waals surface area contributed by atoms with Crippen molar-refractivity contribution >= 4 is 23.4 Å². The zero-order valence-electron chi connectivity index (χ0n) is 20.9. The van der Waals surface area contributed by atoms with Crippen molar-refractivity contribution in [2.45, 2.75) is 83.8 Å². The molecule has 7 nitrogen and oxygen atoms in total. The standard InChI is InChI=1S/C26H37F2N3O4/c1-16(2)21(29)25(35)31-15-9-13-19(31)24(34)30-22(17(3)4)23(33)26(27,28)20(32)14-8-12-18-10-6-5-7-11-18/h5-7,10-11,16-17,19,21-22H,8-9,12-15,29H2,1-4H3,(H,30,34)/t19-,21-,22?/m0/s1. The summed E-state index contributed by atoms with van der Waals surface area (Å²) in [6.07, 6.45) is 1.07. The van der Waals surface area contributed by atoms with Crippen LogP contribution in [0.3, 0.4) is 0 Å². The van der Waals surface area contributed by atoms with Crippen molar-refractivity contribution in [2.75, 3.05) is 6.54 Å². The molecular formula is C26H37F2N3O4.